The van der Waals surface area contributed by atoms with Crippen molar-refractivity contribution < 1.29 is 9.53 Å². The summed E-state index contributed by atoms with van der Waals surface area (Å²) in [5.74, 6) is 0.138. The van der Waals surface area contributed by atoms with Crippen LogP contribution in [0.1, 0.15) is 24.6 Å². The van der Waals surface area contributed by atoms with Gasteiger partial charge < -0.3 is 10.1 Å². The first-order valence-electron chi connectivity index (χ1n) is 8.77. The van der Waals surface area contributed by atoms with Crippen molar-refractivity contribution in [3.05, 3.63) is 34.0 Å². The number of ether oxygens (including phenoxy) is 1. The molecule has 2 aromatic rings. The average Bonchev–Trinajstić information content (AvgIpc) is 3.30. The molecule has 1 amide bonds. The molecule has 6 nitrogen and oxygen atoms in total. The summed E-state index contributed by atoms with van der Waals surface area (Å²) in [5.41, 5.74) is -0.0758. The van der Waals surface area contributed by atoms with Crippen LogP contribution in [0, 0.1) is 0 Å². The van der Waals surface area contributed by atoms with E-state index >= 15 is 0 Å². The van der Waals surface area contributed by atoms with Gasteiger partial charge in [0, 0.05) is 24.6 Å². The number of amides is 1. The first-order valence-corrected chi connectivity index (χ1v) is 10.6. The molecule has 1 atom stereocenters. The average molecular weight is 394 g/mol. The van der Waals surface area contributed by atoms with Crippen molar-refractivity contribution in [3.63, 3.8) is 0 Å². The number of hydrogen-bond donors (Lipinski definition) is 1. The monoisotopic (exact) mass is 393 g/mol. The third-order valence-corrected chi connectivity index (χ3v) is 6.36. The molecular weight excluding hydrogens is 370 g/mol. The summed E-state index contributed by atoms with van der Waals surface area (Å²) in [4.78, 5) is 31.4. The Morgan fingerprint density at radius 1 is 1.62 bits per heavy atom. The molecule has 3 heterocycles. The highest BCUT2D eigenvalue weighted by molar-refractivity contribution is 7.99. The van der Waals surface area contributed by atoms with E-state index in [0.717, 1.165) is 35.6 Å². The van der Waals surface area contributed by atoms with Crippen molar-refractivity contribution >= 4 is 39.2 Å². The number of carbonyl (C=O) groups excluding carboxylic acids is 1. The van der Waals surface area contributed by atoms with Crippen molar-refractivity contribution in [1.82, 2.24) is 14.9 Å². The predicted molar refractivity (Wildman–Crippen MR) is 106 cm³/mol. The predicted octanol–water partition coefficient (Wildman–Crippen LogP) is 2.59. The van der Waals surface area contributed by atoms with Crippen LogP contribution in [0.2, 0.25) is 0 Å². The molecule has 140 valence electrons. The number of aromatic nitrogens is 2. The Balaban J connectivity index is 1.72. The van der Waals surface area contributed by atoms with E-state index in [1.54, 1.807) is 10.6 Å². The van der Waals surface area contributed by atoms with Gasteiger partial charge in [0.15, 0.2) is 5.16 Å². The largest absolute Gasteiger partial charge is 0.376 e. The highest BCUT2D eigenvalue weighted by atomic mass is 32.2. The minimum Gasteiger partial charge on any atom is -0.376 e. The second-order valence-electron chi connectivity index (χ2n) is 6.11. The van der Waals surface area contributed by atoms with Crippen LogP contribution in [0.3, 0.4) is 0 Å². The molecule has 0 radical (unpaired) electrons. The lowest BCUT2D eigenvalue weighted by Crippen LogP contribution is -2.33. The molecular formula is C18H23N3O3S2. The lowest BCUT2D eigenvalue weighted by atomic mass is 10.2. The second kappa shape index (κ2) is 8.83. The van der Waals surface area contributed by atoms with Gasteiger partial charge in [0.1, 0.15) is 4.83 Å². The zero-order chi connectivity index (χ0) is 18.5. The number of thioether (sulfide) groups is 1. The number of nitrogens with one attached hydrogen (secondary N) is 1. The third-order valence-electron chi connectivity index (χ3n) is 4.21. The normalized spacial score (nSPS) is 16.9. The van der Waals surface area contributed by atoms with E-state index < -0.39 is 0 Å². The summed E-state index contributed by atoms with van der Waals surface area (Å²) in [6, 6.07) is 1.91. The van der Waals surface area contributed by atoms with Gasteiger partial charge in [-0.05, 0) is 25.3 Å². The van der Waals surface area contributed by atoms with Crippen LogP contribution in [0.15, 0.2) is 28.7 Å². The lowest BCUT2D eigenvalue weighted by molar-refractivity contribution is -0.119. The Hall–Kier alpha value is -1.64. The van der Waals surface area contributed by atoms with Crippen LogP contribution in [0.25, 0.3) is 10.2 Å². The molecule has 0 unspecified atom stereocenters. The van der Waals surface area contributed by atoms with Crippen LogP contribution in [-0.2, 0) is 22.5 Å². The van der Waals surface area contributed by atoms with Gasteiger partial charge in [-0.15, -0.1) is 17.9 Å². The van der Waals surface area contributed by atoms with Gasteiger partial charge in [0.05, 0.1) is 17.2 Å². The number of fused-ring (bicyclic) bond motifs is 1. The molecule has 0 aliphatic carbocycles. The van der Waals surface area contributed by atoms with Crippen LogP contribution >= 0.6 is 23.1 Å². The van der Waals surface area contributed by atoms with Crippen LogP contribution in [0.5, 0.6) is 0 Å². The molecule has 0 bridgehead atoms. The number of hydrogen-bond acceptors (Lipinski definition) is 6. The molecule has 1 aliphatic rings. The van der Waals surface area contributed by atoms with Crippen LogP contribution in [0.4, 0.5) is 0 Å². The molecule has 26 heavy (non-hydrogen) atoms. The minimum atomic E-state index is -0.0783. The summed E-state index contributed by atoms with van der Waals surface area (Å²) in [5, 5.41) is 4.09. The fourth-order valence-electron chi connectivity index (χ4n) is 2.84. The molecule has 0 aromatic carbocycles. The number of carbonyl (C=O) groups is 1. The van der Waals surface area contributed by atoms with Gasteiger partial charge in [-0.1, -0.05) is 24.8 Å². The molecule has 1 N–H and O–H groups in total. The SMILES string of the molecule is C=CCn1c(SCC(=O)NC[C@H]2CCCO2)nc2sc(CC)cc2c1=O. The third kappa shape index (κ3) is 4.36. The summed E-state index contributed by atoms with van der Waals surface area (Å²) in [7, 11) is 0. The number of nitrogens with zero attached hydrogens (tertiary/aromatic N) is 2. The van der Waals surface area contributed by atoms with Crippen molar-refractivity contribution in [1.29, 1.82) is 0 Å². The molecule has 0 saturated carbocycles. The summed E-state index contributed by atoms with van der Waals surface area (Å²) in [6.45, 7) is 7.46. The molecule has 2 aromatic heterocycles. The van der Waals surface area contributed by atoms with E-state index in [1.165, 1.54) is 23.1 Å². The number of thiophene rings is 1. The summed E-state index contributed by atoms with van der Waals surface area (Å²) in [6.07, 6.45) is 4.70. The highest BCUT2D eigenvalue weighted by Crippen LogP contribution is 2.25. The van der Waals surface area contributed by atoms with Crippen molar-refractivity contribution in [2.45, 2.75) is 44.0 Å². The van der Waals surface area contributed by atoms with Crippen LogP contribution in [-0.4, -0.2) is 40.5 Å². The first kappa shape index (κ1) is 19.1. The molecule has 1 fully saturated rings. The zero-order valence-corrected chi connectivity index (χ0v) is 16.5. The van der Waals surface area contributed by atoms with Gasteiger partial charge in [0.25, 0.3) is 5.56 Å². The Labute approximate surface area is 160 Å². The zero-order valence-electron chi connectivity index (χ0n) is 14.8. The van der Waals surface area contributed by atoms with Crippen molar-refractivity contribution in [2.75, 3.05) is 18.9 Å². The van der Waals surface area contributed by atoms with E-state index in [0.29, 0.717) is 23.6 Å². The van der Waals surface area contributed by atoms with Gasteiger partial charge in [-0.25, -0.2) is 4.98 Å². The van der Waals surface area contributed by atoms with Crippen molar-refractivity contribution in [3.8, 4) is 0 Å². The topological polar surface area (TPSA) is 73.2 Å². The summed E-state index contributed by atoms with van der Waals surface area (Å²) < 4.78 is 7.09. The maximum Gasteiger partial charge on any atom is 0.263 e. The Morgan fingerprint density at radius 3 is 3.15 bits per heavy atom. The van der Waals surface area contributed by atoms with Gasteiger partial charge in [-0.3, -0.25) is 14.2 Å². The fraction of sp³-hybridized carbons (Fsp3) is 0.500. The number of allylic oxidation sites excluding steroid dienone is 1. The van der Waals surface area contributed by atoms with E-state index in [2.05, 4.69) is 23.8 Å². The van der Waals surface area contributed by atoms with Crippen LogP contribution < -0.4 is 10.9 Å². The van der Waals surface area contributed by atoms with E-state index in [-0.39, 0.29) is 23.3 Å². The smallest absolute Gasteiger partial charge is 0.263 e. The minimum absolute atomic E-state index is 0.0758. The fourth-order valence-corrected chi connectivity index (χ4v) is 4.68. The van der Waals surface area contributed by atoms with Gasteiger partial charge in [-0.2, -0.15) is 0 Å². The standard InChI is InChI=1S/C18H23N3O3S2/c1-3-7-21-17(23)14-9-13(4-2)26-16(14)20-18(21)25-11-15(22)19-10-12-6-5-8-24-12/h3,9,12H,1,4-8,10-11H2,2H3,(H,19,22)/t12-/m1/s1. The second-order valence-corrected chi connectivity index (χ2v) is 8.17. The van der Waals surface area contributed by atoms with Gasteiger partial charge in [0.2, 0.25) is 5.91 Å². The highest BCUT2D eigenvalue weighted by Gasteiger charge is 2.17. The number of rotatable bonds is 8. The summed E-state index contributed by atoms with van der Waals surface area (Å²) >= 11 is 2.81. The molecule has 1 saturated heterocycles. The van der Waals surface area contributed by atoms with E-state index in [9.17, 15) is 9.59 Å². The lowest BCUT2D eigenvalue weighted by Gasteiger charge is -2.12. The molecule has 3 rings (SSSR count). The Morgan fingerprint density at radius 2 is 2.46 bits per heavy atom. The quantitative estimate of drug-likeness (QED) is 0.424. The Kier molecular flexibility index (Phi) is 6.50. The number of aryl methyl sites for hydroxylation is 1. The van der Waals surface area contributed by atoms with Crippen molar-refractivity contribution in [2.24, 2.45) is 0 Å². The molecule has 0 spiro atoms. The Bertz CT molecular complexity index is 853. The molecule has 1 aliphatic heterocycles. The molecule has 8 heteroatoms. The van der Waals surface area contributed by atoms with E-state index in [1.807, 2.05) is 6.07 Å². The first-order chi connectivity index (χ1) is 12.6. The van der Waals surface area contributed by atoms with Gasteiger partial charge >= 0.3 is 0 Å². The maximum atomic E-state index is 12.8. The van der Waals surface area contributed by atoms with E-state index in [4.69, 9.17) is 4.74 Å². The maximum absolute atomic E-state index is 12.8.